The molecule has 2 heterocycles. The Morgan fingerprint density at radius 2 is 1.74 bits per heavy atom. The molecule has 0 aromatic heterocycles. The van der Waals surface area contributed by atoms with Gasteiger partial charge in [-0.25, -0.2) is 0 Å². The van der Waals surface area contributed by atoms with E-state index in [9.17, 15) is 0 Å². The van der Waals surface area contributed by atoms with Crippen LogP contribution in [0.15, 0.2) is 30.3 Å². The molecule has 2 N–H and O–H groups in total. The first kappa shape index (κ1) is 18.3. The van der Waals surface area contributed by atoms with Crippen LogP contribution in [0.2, 0.25) is 0 Å². The standard InChI is InChI=1S/C23H30N2O2/c1-14-5-6-15(2)17(9-14)19-13-25-8-7-16-10-22(26-3)23(27-4)11-18(16)21(25)12-20(19)24/h5-6,9-11,19-21H,7-8,12-13,24H2,1-4H3/t19-,20?,21+/m1/s1. The van der Waals surface area contributed by atoms with Crippen LogP contribution in [0.1, 0.15) is 46.2 Å². The van der Waals surface area contributed by atoms with Crippen LogP contribution in [0.5, 0.6) is 11.5 Å². The third kappa shape index (κ3) is 3.21. The summed E-state index contributed by atoms with van der Waals surface area (Å²) in [5, 5.41) is 0. The smallest absolute Gasteiger partial charge is 0.161 e. The van der Waals surface area contributed by atoms with Crippen LogP contribution < -0.4 is 15.2 Å². The zero-order chi connectivity index (χ0) is 19.1. The van der Waals surface area contributed by atoms with Crippen molar-refractivity contribution in [2.24, 2.45) is 5.73 Å². The van der Waals surface area contributed by atoms with Gasteiger partial charge in [0.2, 0.25) is 0 Å². The molecule has 0 aliphatic carbocycles. The monoisotopic (exact) mass is 366 g/mol. The summed E-state index contributed by atoms with van der Waals surface area (Å²) in [6, 6.07) is 11.6. The highest BCUT2D eigenvalue weighted by molar-refractivity contribution is 5.50. The van der Waals surface area contributed by atoms with E-state index >= 15 is 0 Å². The fraction of sp³-hybridized carbons (Fsp3) is 0.478. The lowest BCUT2D eigenvalue weighted by Gasteiger charge is -2.46. The van der Waals surface area contributed by atoms with Gasteiger partial charge in [0.1, 0.15) is 0 Å². The molecule has 1 fully saturated rings. The highest BCUT2D eigenvalue weighted by atomic mass is 16.5. The van der Waals surface area contributed by atoms with Crippen molar-refractivity contribution in [2.45, 2.75) is 44.7 Å². The van der Waals surface area contributed by atoms with Gasteiger partial charge in [0.25, 0.3) is 0 Å². The number of aryl methyl sites for hydroxylation is 2. The molecule has 2 aromatic rings. The summed E-state index contributed by atoms with van der Waals surface area (Å²) < 4.78 is 11.0. The molecule has 0 radical (unpaired) electrons. The van der Waals surface area contributed by atoms with E-state index in [1.54, 1.807) is 14.2 Å². The summed E-state index contributed by atoms with van der Waals surface area (Å²) in [5.74, 6) is 2.02. The van der Waals surface area contributed by atoms with Gasteiger partial charge < -0.3 is 15.2 Å². The molecular formula is C23H30N2O2. The van der Waals surface area contributed by atoms with E-state index in [1.165, 1.54) is 27.8 Å². The molecule has 1 unspecified atom stereocenters. The summed E-state index contributed by atoms with van der Waals surface area (Å²) >= 11 is 0. The number of nitrogens with zero attached hydrogens (tertiary/aromatic N) is 1. The Morgan fingerprint density at radius 1 is 1.00 bits per heavy atom. The Hall–Kier alpha value is -2.04. The van der Waals surface area contributed by atoms with E-state index in [0.717, 1.165) is 37.4 Å². The normalized spacial score (nSPS) is 24.9. The maximum atomic E-state index is 6.74. The number of piperidine rings is 1. The summed E-state index contributed by atoms with van der Waals surface area (Å²) in [5.41, 5.74) is 13.5. The maximum Gasteiger partial charge on any atom is 0.161 e. The van der Waals surface area contributed by atoms with Crippen molar-refractivity contribution in [1.29, 1.82) is 0 Å². The summed E-state index contributed by atoms with van der Waals surface area (Å²) in [6.45, 7) is 6.46. The third-order valence-electron chi connectivity index (χ3n) is 6.39. The summed E-state index contributed by atoms with van der Waals surface area (Å²) in [7, 11) is 3.40. The van der Waals surface area contributed by atoms with Crippen LogP contribution in [-0.4, -0.2) is 38.3 Å². The van der Waals surface area contributed by atoms with Crippen LogP contribution in [-0.2, 0) is 6.42 Å². The van der Waals surface area contributed by atoms with Crippen LogP contribution in [0.4, 0.5) is 0 Å². The number of hydrogen-bond donors (Lipinski definition) is 1. The van der Waals surface area contributed by atoms with Crippen molar-refractivity contribution in [1.82, 2.24) is 4.90 Å². The number of benzene rings is 2. The van der Waals surface area contributed by atoms with Crippen molar-refractivity contribution in [3.05, 3.63) is 58.1 Å². The van der Waals surface area contributed by atoms with Crippen molar-refractivity contribution in [3.8, 4) is 11.5 Å². The molecule has 2 aromatic carbocycles. The number of methoxy groups -OCH3 is 2. The zero-order valence-electron chi connectivity index (χ0n) is 16.8. The van der Waals surface area contributed by atoms with Gasteiger partial charge >= 0.3 is 0 Å². The van der Waals surface area contributed by atoms with E-state index in [0.29, 0.717) is 12.0 Å². The van der Waals surface area contributed by atoms with Crippen molar-refractivity contribution in [3.63, 3.8) is 0 Å². The Balaban J connectivity index is 1.66. The second-order valence-electron chi connectivity index (χ2n) is 8.03. The van der Waals surface area contributed by atoms with Crippen LogP contribution in [0, 0.1) is 13.8 Å². The van der Waals surface area contributed by atoms with Crippen molar-refractivity contribution >= 4 is 0 Å². The quantitative estimate of drug-likeness (QED) is 0.899. The molecule has 0 bridgehead atoms. The second-order valence-corrected chi connectivity index (χ2v) is 8.03. The predicted octanol–water partition coefficient (Wildman–Crippen LogP) is 3.73. The molecular weight excluding hydrogens is 336 g/mol. The molecule has 2 aliphatic rings. The molecule has 4 rings (SSSR count). The van der Waals surface area contributed by atoms with Gasteiger partial charge in [0, 0.05) is 31.1 Å². The predicted molar refractivity (Wildman–Crippen MR) is 109 cm³/mol. The molecule has 0 spiro atoms. The first-order valence-electron chi connectivity index (χ1n) is 9.83. The molecule has 4 heteroatoms. The fourth-order valence-corrected chi connectivity index (χ4v) is 4.87. The van der Waals surface area contributed by atoms with E-state index in [4.69, 9.17) is 15.2 Å². The highest BCUT2D eigenvalue weighted by Crippen LogP contribution is 2.44. The van der Waals surface area contributed by atoms with E-state index in [1.807, 2.05) is 0 Å². The lowest BCUT2D eigenvalue weighted by molar-refractivity contribution is 0.109. The Morgan fingerprint density at radius 3 is 2.48 bits per heavy atom. The van der Waals surface area contributed by atoms with E-state index < -0.39 is 0 Å². The first-order valence-corrected chi connectivity index (χ1v) is 9.83. The zero-order valence-corrected chi connectivity index (χ0v) is 16.8. The molecule has 4 nitrogen and oxygen atoms in total. The molecule has 27 heavy (non-hydrogen) atoms. The average Bonchev–Trinajstić information content (AvgIpc) is 2.68. The van der Waals surface area contributed by atoms with Gasteiger partial charge in [0.05, 0.1) is 14.2 Å². The van der Waals surface area contributed by atoms with Crippen LogP contribution in [0.3, 0.4) is 0 Å². The largest absolute Gasteiger partial charge is 0.493 e. The minimum atomic E-state index is 0.158. The molecule has 1 saturated heterocycles. The summed E-state index contributed by atoms with van der Waals surface area (Å²) in [4.78, 5) is 2.62. The van der Waals surface area contributed by atoms with Crippen LogP contribution in [0.25, 0.3) is 0 Å². The van der Waals surface area contributed by atoms with Gasteiger partial charge in [-0.05, 0) is 61.1 Å². The second kappa shape index (κ2) is 7.17. The highest BCUT2D eigenvalue weighted by Gasteiger charge is 2.39. The molecule has 2 aliphatic heterocycles. The molecule has 0 amide bonds. The Labute approximate surface area is 162 Å². The van der Waals surface area contributed by atoms with Gasteiger partial charge in [-0.3, -0.25) is 4.90 Å². The number of rotatable bonds is 3. The van der Waals surface area contributed by atoms with Gasteiger partial charge in [0.15, 0.2) is 11.5 Å². The molecule has 0 saturated carbocycles. The van der Waals surface area contributed by atoms with Crippen molar-refractivity contribution < 1.29 is 9.47 Å². The maximum absolute atomic E-state index is 6.74. The minimum absolute atomic E-state index is 0.158. The first-order chi connectivity index (χ1) is 13.0. The minimum Gasteiger partial charge on any atom is -0.493 e. The third-order valence-corrected chi connectivity index (χ3v) is 6.39. The van der Waals surface area contributed by atoms with E-state index in [-0.39, 0.29) is 6.04 Å². The van der Waals surface area contributed by atoms with Crippen molar-refractivity contribution in [2.75, 3.05) is 27.3 Å². The fourth-order valence-electron chi connectivity index (χ4n) is 4.87. The van der Waals surface area contributed by atoms with E-state index in [2.05, 4.69) is 49.1 Å². The Kier molecular flexibility index (Phi) is 4.87. The lowest BCUT2D eigenvalue weighted by atomic mass is 9.77. The SMILES string of the molecule is COc1cc2c(cc1OC)[C@@H]1CC(N)[C@@H](c3cc(C)ccc3C)CN1CC2. The lowest BCUT2D eigenvalue weighted by Crippen LogP contribution is -2.49. The van der Waals surface area contributed by atoms with Gasteiger partial charge in [-0.1, -0.05) is 23.8 Å². The van der Waals surface area contributed by atoms with Gasteiger partial charge in [-0.15, -0.1) is 0 Å². The molecule has 144 valence electrons. The summed E-state index contributed by atoms with van der Waals surface area (Å²) in [6.07, 6.45) is 2.02. The number of fused-ring (bicyclic) bond motifs is 3. The number of ether oxygens (including phenoxy) is 2. The number of nitrogens with two attached hydrogens (primary N) is 1. The van der Waals surface area contributed by atoms with Crippen LogP contribution >= 0.6 is 0 Å². The molecule has 3 atom stereocenters. The van der Waals surface area contributed by atoms with Gasteiger partial charge in [-0.2, -0.15) is 0 Å². The average molecular weight is 367 g/mol. The Bertz CT molecular complexity index is 849. The number of hydrogen-bond acceptors (Lipinski definition) is 4. The topological polar surface area (TPSA) is 47.7 Å².